The summed E-state index contributed by atoms with van der Waals surface area (Å²) >= 11 is 0. The lowest BCUT2D eigenvalue weighted by molar-refractivity contribution is 0.0697. The first-order valence-corrected chi connectivity index (χ1v) is 6.18. The largest absolute Gasteiger partial charge is 0.478 e. The minimum Gasteiger partial charge on any atom is -0.478 e. The van der Waals surface area contributed by atoms with Crippen LogP contribution in [0.3, 0.4) is 0 Å². The maximum atomic E-state index is 11.0. The van der Waals surface area contributed by atoms with Gasteiger partial charge in [-0.25, -0.2) is 9.78 Å². The van der Waals surface area contributed by atoms with Crippen molar-refractivity contribution in [2.45, 2.75) is 6.92 Å². The van der Waals surface area contributed by atoms with E-state index < -0.39 is 5.97 Å². The summed E-state index contributed by atoms with van der Waals surface area (Å²) in [6.07, 6.45) is 0. The maximum Gasteiger partial charge on any atom is 0.335 e. The summed E-state index contributed by atoms with van der Waals surface area (Å²) in [5.74, 6) is -0.180. The molecule has 0 unspecified atom stereocenters. The molecule has 0 aliphatic rings. The summed E-state index contributed by atoms with van der Waals surface area (Å²) in [7, 11) is 3.78. The van der Waals surface area contributed by atoms with Gasteiger partial charge in [0.1, 0.15) is 5.69 Å². The predicted molar refractivity (Wildman–Crippen MR) is 74.6 cm³/mol. The summed E-state index contributed by atoms with van der Waals surface area (Å²) in [5, 5.41) is 13.3. The zero-order valence-electron chi connectivity index (χ0n) is 11.5. The Balaban J connectivity index is 2.25. The molecule has 3 aromatic rings. The number of aryl methyl sites for hydroxylation is 3. The fourth-order valence-corrected chi connectivity index (χ4v) is 2.38. The van der Waals surface area contributed by atoms with E-state index in [0.717, 1.165) is 22.7 Å². The van der Waals surface area contributed by atoms with Crippen LogP contribution in [-0.2, 0) is 14.1 Å². The van der Waals surface area contributed by atoms with Crippen LogP contribution in [0.25, 0.3) is 22.6 Å². The quantitative estimate of drug-likeness (QED) is 0.772. The van der Waals surface area contributed by atoms with Crippen LogP contribution < -0.4 is 0 Å². The van der Waals surface area contributed by atoms with Gasteiger partial charge in [-0.05, 0) is 31.2 Å². The fourth-order valence-electron chi connectivity index (χ4n) is 2.38. The van der Waals surface area contributed by atoms with E-state index in [1.807, 2.05) is 31.7 Å². The van der Waals surface area contributed by atoms with Gasteiger partial charge in [-0.3, -0.25) is 4.68 Å². The zero-order valence-corrected chi connectivity index (χ0v) is 11.5. The normalized spacial score (nSPS) is 11.2. The van der Waals surface area contributed by atoms with Gasteiger partial charge >= 0.3 is 5.97 Å². The first-order valence-electron chi connectivity index (χ1n) is 6.18. The Bertz CT molecular complexity index is 829. The number of carbonyl (C=O) groups is 1. The van der Waals surface area contributed by atoms with Crippen molar-refractivity contribution in [2.75, 3.05) is 0 Å². The minimum absolute atomic E-state index is 0.239. The Morgan fingerprint density at radius 3 is 2.60 bits per heavy atom. The molecule has 0 spiro atoms. The van der Waals surface area contributed by atoms with E-state index in [2.05, 4.69) is 10.1 Å². The molecule has 0 saturated heterocycles. The SMILES string of the molecule is Cc1cc(-c2nc3cc(C(=O)O)ccc3n2C)n(C)n1. The number of benzene rings is 1. The highest BCUT2D eigenvalue weighted by Gasteiger charge is 2.15. The third-order valence-corrected chi connectivity index (χ3v) is 3.36. The summed E-state index contributed by atoms with van der Waals surface area (Å²) < 4.78 is 3.71. The number of rotatable bonds is 2. The summed E-state index contributed by atoms with van der Waals surface area (Å²) in [4.78, 5) is 15.6. The first kappa shape index (κ1) is 12.4. The van der Waals surface area contributed by atoms with Gasteiger partial charge in [-0.15, -0.1) is 0 Å². The van der Waals surface area contributed by atoms with Crippen LogP contribution in [0.2, 0.25) is 0 Å². The van der Waals surface area contributed by atoms with E-state index in [9.17, 15) is 4.79 Å². The molecule has 0 aliphatic heterocycles. The second-order valence-electron chi connectivity index (χ2n) is 4.80. The van der Waals surface area contributed by atoms with Crippen LogP contribution in [0.4, 0.5) is 0 Å². The molecule has 3 rings (SSSR count). The first-order chi connectivity index (χ1) is 9.47. The van der Waals surface area contributed by atoms with Gasteiger partial charge in [-0.2, -0.15) is 5.10 Å². The molecular weight excluding hydrogens is 256 g/mol. The van der Waals surface area contributed by atoms with Crippen molar-refractivity contribution in [1.29, 1.82) is 0 Å². The van der Waals surface area contributed by atoms with E-state index in [-0.39, 0.29) is 5.56 Å². The third-order valence-electron chi connectivity index (χ3n) is 3.36. The Morgan fingerprint density at radius 1 is 1.25 bits per heavy atom. The van der Waals surface area contributed by atoms with E-state index in [0.29, 0.717) is 5.52 Å². The van der Waals surface area contributed by atoms with Gasteiger partial charge in [0.25, 0.3) is 0 Å². The average molecular weight is 270 g/mol. The van der Waals surface area contributed by atoms with Crippen LogP contribution in [0.15, 0.2) is 24.3 Å². The summed E-state index contributed by atoms with van der Waals surface area (Å²) in [6.45, 7) is 1.93. The molecule has 0 radical (unpaired) electrons. The number of aromatic carboxylic acids is 1. The molecule has 6 heteroatoms. The van der Waals surface area contributed by atoms with Gasteiger partial charge in [0, 0.05) is 14.1 Å². The van der Waals surface area contributed by atoms with E-state index in [1.165, 1.54) is 0 Å². The van der Waals surface area contributed by atoms with E-state index in [4.69, 9.17) is 5.11 Å². The standard InChI is InChI=1S/C14H14N4O2/c1-8-6-12(18(3)16-8)13-15-10-7-9(14(19)20)4-5-11(10)17(13)2/h4-7H,1-3H3,(H,19,20). The van der Waals surface area contributed by atoms with Gasteiger partial charge in [0.2, 0.25) is 0 Å². The maximum absolute atomic E-state index is 11.0. The predicted octanol–water partition coefficient (Wildman–Crippen LogP) is 1.98. The number of hydrogen-bond acceptors (Lipinski definition) is 3. The average Bonchev–Trinajstić information content (AvgIpc) is 2.89. The number of fused-ring (bicyclic) bond motifs is 1. The van der Waals surface area contributed by atoms with Crippen molar-refractivity contribution in [1.82, 2.24) is 19.3 Å². The Hall–Kier alpha value is -2.63. The highest BCUT2D eigenvalue weighted by Crippen LogP contribution is 2.24. The molecule has 0 aliphatic carbocycles. The van der Waals surface area contributed by atoms with Crippen LogP contribution >= 0.6 is 0 Å². The van der Waals surface area contributed by atoms with Crippen molar-refractivity contribution in [3.05, 3.63) is 35.5 Å². The Labute approximate surface area is 115 Å². The molecule has 1 N–H and O–H groups in total. The molecule has 0 saturated carbocycles. The summed E-state index contributed by atoms with van der Waals surface area (Å²) in [6, 6.07) is 6.91. The molecule has 1 aromatic carbocycles. The second kappa shape index (κ2) is 4.19. The molecule has 2 heterocycles. The number of nitrogens with zero attached hydrogens (tertiary/aromatic N) is 4. The van der Waals surface area contributed by atoms with Crippen molar-refractivity contribution in [3.8, 4) is 11.5 Å². The lowest BCUT2D eigenvalue weighted by Crippen LogP contribution is -1.99. The molecule has 102 valence electrons. The topological polar surface area (TPSA) is 72.9 Å². The molecule has 0 bridgehead atoms. The molecule has 0 amide bonds. The highest BCUT2D eigenvalue weighted by atomic mass is 16.4. The fraction of sp³-hybridized carbons (Fsp3) is 0.214. The second-order valence-corrected chi connectivity index (χ2v) is 4.80. The number of aromatic nitrogens is 4. The molecular formula is C14H14N4O2. The minimum atomic E-state index is -0.949. The lowest BCUT2D eigenvalue weighted by Gasteiger charge is -2.02. The van der Waals surface area contributed by atoms with Crippen LogP contribution in [0.1, 0.15) is 16.1 Å². The van der Waals surface area contributed by atoms with Gasteiger partial charge in [0.05, 0.1) is 22.3 Å². The number of hydrogen-bond donors (Lipinski definition) is 1. The van der Waals surface area contributed by atoms with Crippen molar-refractivity contribution >= 4 is 17.0 Å². The van der Waals surface area contributed by atoms with Crippen LogP contribution in [-0.4, -0.2) is 30.4 Å². The zero-order chi connectivity index (χ0) is 14.4. The molecule has 20 heavy (non-hydrogen) atoms. The Kier molecular flexibility index (Phi) is 2.60. The summed E-state index contributed by atoms with van der Waals surface area (Å²) in [5.41, 5.74) is 3.62. The van der Waals surface area contributed by atoms with Crippen molar-refractivity contribution in [3.63, 3.8) is 0 Å². The van der Waals surface area contributed by atoms with Gasteiger partial charge in [0.15, 0.2) is 5.82 Å². The molecule has 6 nitrogen and oxygen atoms in total. The number of imidazole rings is 1. The molecule has 0 atom stereocenters. The third kappa shape index (κ3) is 1.77. The molecule has 0 fully saturated rings. The molecule has 2 aromatic heterocycles. The lowest BCUT2D eigenvalue weighted by atomic mass is 10.2. The number of carboxylic acid groups (broad SMARTS) is 1. The Morgan fingerprint density at radius 2 is 2.00 bits per heavy atom. The highest BCUT2D eigenvalue weighted by molar-refractivity contribution is 5.93. The van der Waals surface area contributed by atoms with Crippen LogP contribution in [0.5, 0.6) is 0 Å². The van der Waals surface area contributed by atoms with Gasteiger partial charge in [-0.1, -0.05) is 0 Å². The van der Waals surface area contributed by atoms with Crippen LogP contribution in [0, 0.1) is 6.92 Å². The number of carboxylic acids is 1. The smallest absolute Gasteiger partial charge is 0.335 e. The van der Waals surface area contributed by atoms with Crippen molar-refractivity contribution < 1.29 is 9.90 Å². The van der Waals surface area contributed by atoms with E-state index in [1.54, 1.807) is 22.9 Å². The van der Waals surface area contributed by atoms with Crippen molar-refractivity contribution in [2.24, 2.45) is 14.1 Å². The van der Waals surface area contributed by atoms with E-state index >= 15 is 0 Å². The monoisotopic (exact) mass is 270 g/mol. The van der Waals surface area contributed by atoms with Gasteiger partial charge < -0.3 is 9.67 Å².